The standard InChI is InChI=1S/C33H59NO4/c1-5-7-9-11-13-15-17-19-21-23-28-37-31(35)33(4)30(3)26-25-27-34(33)32(36)38-29-24-22-20-18-16-14-12-10-8-6-2/h25-27H,5-24,28-29H2,1-4H3. The molecule has 1 rings (SSSR count). The van der Waals surface area contributed by atoms with Crippen LogP contribution < -0.4 is 0 Å². The number of hydrogen-bond donors (Lipinski definition) is 0. The lowest BCUT2D eigenvalue weighted by molar-refractivity contribution is -0.153. The van der Waals surface area contributed by atoms with Gasteiger partial charge in [0.05, 0.1) is 13.2 Å². The van der Waals surface area contributed by atoms with Gasteiger partial charge in [0.25, 0.3) is 0 Å². The van der Waals surface area contributed by atoms with E-state index in [0.29, 0.717) is 13.2 Å². The first-order valence-corrected chi connectivity index (χ1v) is 16.0. The summed E-state index contributed by atoms with van der Waals surface area (Å²) < 4.78 is 11.2. The van der Waals surface area contributed by atoms with E-state index in [9.17, 15) is 9.59 Å². The molecule has 1 amide bonds. The van der Waals surface area contributed by atoms with Crippen molar-refractivity contribution in [3.8, 4) is 0 Å². The van der Waals surface area contributed by atoms with Crippen molar-refractivity contribution in [2.45, 2.75) is 162 Å². The summed E-state index contributed by atoms with van der Waals surface area (Å²) in [6.07, 6.45) is 29.5. The van der Waals surface area contributed by atoms with Gasteiger partial charge in [-0.25, -0.2) is 9.59 Å². The van der Waals surface area contributed by atoms with Gasteiger partial charge in [-0.15, -0.1) is 0 Å². The SMILES string of the molecule is CCCCCCCCCCCCOC(=O)N1C=CC=C(C)C1(C)C(=O)OCCCCCCCCCCCC. The van der Waals surface area contributed by atoms with Crippen molar-refractivity contribution in [3.05, 3.63) is 23.9 Å². The number of nitrogens with zero attached hydrogens (tertiary/aromatic N) is 1. The predicted octanol–water partition coefficient (Wildman–Crippen LogP) is 10.0. The molecule has 220 valence electrons. The lowest BCUT2D eigenvalue weighted by Gasteiger charge is -2.38. The van der Waals surface area contributed by atoms with E-state index in [1.807, 2.05) is 13.0 Å². The first-order chi connectivity index (χ1) is 18.5. The monoisotopic (exact) mass is 533 g/mol. The van der Waals surface area contributed by atoms with Gasteiger partial charge in [-0.3, -0.25) is 4.90 Å². The van der Waals surface area contributed by atoms with Crippen LogP contribution in [0.2, 0.25) is 0 Å². The van der Waals surface area contributed by atoms with Crippen LogP contribution in [-0.2, 0) is 14.3 Å². The second-order valence-corrected chi connectivity index (χ2v) is 11.2. The Balaban J connectivity index is 2.27. The molecule has 0 saturated heterocycles. The Morgan fingerprint density at radius 3 is 1.50 bits per heavy atom. The van der Waals surface area contributed by atoms with Crippen LogP contribution in [0.3, 0.4) is 0 Å². The number of hydrogen-bond acceptors (Lipinski definition) is 4. The number of carbonyl (C=O) groups excluding carboxylic acids is 2. The highest BCUT2D eigenvalue weighted by Crippen LogP contribution is 2.31. The van der Waals surface area contributed by atoms with E-state index in [1.165, 1.54) is 108 Å². The average molecular weight is 534 g/mol. The number of unbranched alkanes of at least 4 members (excludes halogenated alkanes) is 18. The van der Waals surface area contributed by atoms with Crippen molar-refractivity contribution < 1.29 is 19.1 Å². The van der Waals surface area contributed by atoms with E-state index in [2.05, 4.69) is 13.8 Å². The highest BCUT2D eigenvalue weighted by molar-refractivity contribution is 5.90. The zero-order valence-electron chi connectivity index (χ0n) is 25.4. The Labute approximate surface area is 234 Å². The second kappa shape index (κ2) is 22.1. The molecule has 5 heteroatoms. The maximum Gasteiger partial charge on any atom is 0.415 e. The van der Waals surface area contributed by atoms with E-state index in [0.717, 1.165) is 31.3 Å². The van der Waals surface area contributed by atoms with Gasteiger partial charge in [0.15, 0.2) is 5.54 Å². The van der Waals surface area contributed by atoms with Crippen molar-refractivity contribution >= 4 is 12.1 Å². The van der Waals surface area contributed by atoms with Gasteiger partial charge in [-0.1, -0.05) is 135 Å². The van der Waals surface area contributed by atoms with Gasteiger partial charge in [0.1, 0.15) is 0 Å². The fourth-order valence-corrected chi connectivity index (χ4v) is 4.99. The molecule has 0 bridgehead atoms. The van der Waals surface area contributed by atoms with Crippen LogP contribution in [0.4, 0.5) is 4.79 Å². The Kier molecular flexibility index (Phi) is 19.9. The first kappa shape index (κ1) is 34.2. The third-order valence-electron chi connectivity index (χ3n) is 7.88. The summed E-state index contributed by atoms with van der Waals surface area (Å²) in [6, 6.07) is 0. The fraction of sp³-hybridized carbons (Fsp3) is 0.818. The van der Waals surface area contributed by atoms with E-state index in [1.54, 1.807) is 19.2 Å². The Morgan fingerprint density at radius 1 is 0.658 bits per heavy atom. The lowest BCUT2D eigenvalue weighted by Crippen LogP contribution is -2.55. The zero-order chi connectivity index (χ0) is 27.9. The highest BCUT2D eigenvalue weighted by atomic mass is 16.6. The third kappa shape index (κ3) is 13.8. The molecule has 0 radical (unpaired) electrons. The van der Waals surface area contributed by atoms with Crippen LogP contribution in [0.1, 0.15) is 156 Å². The van der Waals surface area contributed by atoms with Crippen molar-refractivity contribution in [2.24, 2.45) is 0 Å². The van der Waals surface area contributed by atoms with Gasteiger partial charge in [-0.05, 0) is 38.3 Å². The molecule has 1 aliphatic rings. The molecule has 0 saturated carbocycles. The minimum atomic E-state index is -1.16. The van der Waals surface area contributed by atoms with E-state index in [-0.39, 0.29) is 5.97 Å². The molecule has 0 N–H and O–H groups in total. The molecule has 0 aliphatic carbocycles. The number of carbonyl (C=O) groups is 2. The van der Waals surface area contributed by atoms with Crippen LogP contribution in [0.5, 0.6) is 0 Å². The number of allylic oxidation sites excluding steroid dienone is 2. The van der Waals surface area contributed by atoms with Crippen LogP contribution in [0, 0.1) is 0 Å². The highest BCUT2D eigenvalue weighted by Gasteiger charge is 2.46. The predicted molar refractivity (Wildman–Crippen MR) is 159 cm³/mol. The molecule has 5 nitrogen and oxygen atoms in total. The smallest absolute Gasteiger partial charge is 0.415 e. The number of rotatable bonds is 23. The van der Waals surface area contributed by atoms with Crippen molar-refractivity contribution in [2.75, 3.05) is 13.2 Å². The average Bonchev–Trinajstić information content (AvgIpc) is 2.91. The van der Waals surface area contributed by atoms with E-state index in [4.69, 9.17) is 9.47 Å². The topological polar surface area (TPSA) is 55.8 Å². The van der Waals surface area contributed by atoms with Gasteiger partial charge < -0.3 is 9.47 Å². The number of ether oxygens (including phenoxy) is 2. The van der Waals surface area contributed by atoms with Crippen LogP contribution in [-0.4, -0.2) is 35.7 Å². The zero-order valence-corrected chi connectivity index (χ0v) is 25.4. The molecule has 0 aromatic rings. The van der Waals surface area contributed by atoms with Gasteiger partial charge in [0, 0.05) is 6.20 Å². The minimum Gasteiger partial charge on any atom is -0.464 e. The van der Waals surface area contributed by atoms with Gasteiger partial charge in [-0.2, -0.15) is 0 Å². The Morgan fingerprint density at radius 2 is 1.05 bits per heavy atom. The molecular weight excluding hydrogens is 474 g/mol. The maximum atomic E-state index is 13.1. The number of esters is 1. The van der Waals surface area contributed by atoms with Crippen LogP contribution in [0.15, 0.2) is 23.9 Å². The van der Waals surface area contributed by atoms with Crippen molar-refractivity contribution in [1.29, 1.82) is 0 Å². The molecule has 1 atom stereocenters. The largest absolute Gasteiger partial charge is 0.464 e. The van der Waals surface area contributed by atoms with E-state index >= 15 is 0 Å². The van der Waals surface area contributed by atoms with Crippen molar-refractivity contribution in [3.63, 3.8) is 0 Å². The molecule has 1 unspecified atom stereocenters. The molecule has 1 aliphatic heterocycles. The summed E-state index contributed by atoms with van der Waals surface area (Å²) >= 11 is 0. The quantitative estimate of drug-likeness (QED) is 0.0968. The minimum absolute atomic E-state index is 0.381. The molecule has 38 heavy (non-hydrogen) atoms. The summed E-state index contributed by atoms with van der Waals surface area (Å²) in [5.74, 6) is -0.387. The summed E-state index contributed by atoms with van der Waals surface area (Å²) in [7, 11) is 0. The molecule has 0 spiro atoms. The summed E-state index contributed by atoms with van der Waals surface area (Å²) in [5.41, 5.74) is -0.383. The maximum absolute atomic E-state index is 13.1. The Hall–Kier alpha value is -1.78. The third-order valence-corrected chi connectivity index (χ3v) is 7.88. The molecule has 1 heterocycles. The Bertz CT molecular complexity index is 686. The lowest BCUT2D eigenvalue weighted by atomic mass is 9.89. The van der Waals surface area contributed by atoms with Crippen LogP contribution >= 0.6 is 0 Å². The summed E-state index contributed by atoms with van der Waals surface area (Å²) in [4.78, 5) is 27.4. The van der Waals surface area contributed by atoms with E-state index < -0.39 is 11.6 Å². The summed E-state index contributed by atoms with van der Waals surface area (Å²) in [6.45, 7) is 8.89. The molecule has 0 aromatic carbocycles. The fourth-order valence-electron chi connectivity index (χ4n) is 4.99. The number of amides is 1. The molecular formula is C33H59NO4. The van der Waals surface area contributed by atoms with Gasteiger partial charge >= 0.3 is 12.1 Å². The summed E-state index contributed by atoms with van der Waals surface area (Å²) in [5, 5.41) is 0. The van der Waals surface area contributed by atoms with Crippen molar-refractivity contribution in [1.82, 2.24) is 4.90 Å². The van der Waals surface area contributed by atoms with Crippen LogP contribution in [0.25, 0.3) is 0 Å². The molecule has 0 fully saturated rings. The first-order valence-electron chi connectivity index (χ1n) is 16.0. The second-order valence-electron chi connectivity index (χ2n) is 11.2. The van der Waals surface area contributed by atoms with Gasteiger partial charge in [0.2, 0.25) is 0 Å². The normalized spacial score (nSPS) is 16.9. The molecule has 0 aromatic heterocycles.